The molecular weight excluding hydrogens is 297 g/mol. The van der Waals surface area contributed by atoms with E-state index in [0.29, 0.717) is 6.10 Å². The number of hydrogen-bond donors (Lipinski definition) is 0. The lowest BCUT2D eigenvalue weighted by Gasteiger charge is -2.05. The lowest BCUT2D eigenvalue weighted by atomic mass is 10.4. The summed E-state index contributed by atoms with van der Waals surface area (Å²) in [6.07, 6.45) is 4.90. The van der Waals surface area contributed by atoms with Crippen LogP contribution < -0.4 is 4.74 Å². The second kappa shape index (κ2) is 4.04. The molecule has 1 aromatic rings. The summed E-state index contributed by atoms with van der Waals surface area (Å²) in [6, 6.07) is 3.99. The SMILES string of the molecule is CSc1cc(OC2CC2)cc(I)n1. The van der Waals surface area contributed by atoms with Crippen LogP contribution in [0.5, 0.6) is 5.75 Å². The topological polar surface area (TPSA) is 22.1 Å². The fourth-order valence-electron chi connectivity index (χ4n) is 1.00. The average molecular weight is 307 g/mol. The van der Waals surface area contributed by atoms with E-state index in [4.69, 9.17) is 4.74 Å². The molecule has 0 N–H and O–H groups in total. The van der Waals surface area contributed by atoms with Gasteiger partial charge in [-0.25, -0.2) is 4.98 Å². The molecular formula is C9H10INOS. The molecule has 0 amide bonds. The zero-order chi connectivity index (χ0) is 9.26. The highest BCUT2D eigenvalue weighted by molar-refractivity contribution is 14.1. The second-order valence-electron chi connectivity index (χ2n) is 2.99. The van der Waals surface area contributed by atoms with E-state index in [1.165, 1.54) is 12.8 Å². The Morgan fingerprint density at radius 1 is 1.54 bits per heavy atom. The molecule has 1 aromatic heterocycles. The second-order valence-corrected chi connectivity index (χ2v) is 4.92. The number of nitrogens with zero attached hydrogens (tertiary/aromatic N) is 1. The summed E-state index contributed by atoms with van der Waals surface area (Å²) in [7, 11) is 0. The van der Waals surface area contributed by atoms with Gasteiger partial charge in [-0.3, -0.25) is 0 Å². The number of rotatable bonds is 3. The van der Waals surface area contributed by atoms with Gasteiger partial charge in [0.15, 0.2) is 0 Å². The van der Waals surface area contributed by atoms with Gasteiger partial charge in [-0.05, 0) is 41.7 Å². The molecule has 0 bridgehead atoms. The van der Waals surface area contributed by atoms with Crippen LogP contribution >= 0.6 is 34.4 Å². The first-order chi connectivity index (χ1) is 6.28. The number of ether oxygens (including phenoxy) is 1. The summed E-state index contributed by atoms with van der Waals surface area (Å²) in [5.74, 6) is 0.964. The zero-order valence-electron chi connectivity index (χ0n) is 7.29. The van der Waals surface area contributed by atoms with Crippen molar-refractivity contribution in [3.63, 3.8) is 0 Å². The van der Waals surface area contributed by atoms with Crippen LogP contribution in [-0.2, 0) is 0 Å². The summed E-state index contributed by atoms with van der Waals surface area (Å²) < 4.78 is 6.69. The van der Waals surface area contributed by atoms with Crippen molar-refractivity contribution >= 4 is 34.4 Å². The predicted octanol–water partition coefficient (Wildman–Crippen LogP) is 2.95. The van der Waals surface area contributed by atoms with Gasteiger partial charge in [-0.2, -0.15) is 0 Å². The Morgan fingerprint density at radius 2 is 2.31 bits per heavy atom. The van der Waals surface area contributed by atoms with E-state index in [1.54, 1.807) is 11.8 Å². The monoisotopic (exact) mass is 307 g/mol. The van der Waals surface area contributed by atoms with Gasteiger partial charge in [0.1, 0.15) is 14.5 Å². The number of hydrogen-bond acceptors (Lipinski definition) is 3. The Kier molecular flexibility index (Phi) is 2.98. The van der Waals surface area contributed by atoms with Crippen molar-refractivity contribution in [2.75, 3.05) is 6.26 Å². The Bertz CT molecular complexity index is 314. The first-order valence-electron chi connectivity index (χ1n) is 4.16. The average Bonchev–Trinajstić information content (AvgIpc) is 2.87. The third-order valence-corrected chi connectivity index (χ3v) is 2.96. The largest absolute Gasteiger partial charge is 0.490 e. The van der Waals surface area contributed by atoms with E-state index in [0.717, 1.165) is 14.5 Å². The molecule has 0 saturated heterocycles. The fourth-order valence-corrected chi connectivity index (χ4v) is 2.16. The molecule has 1 aliphatic rings. The van der Waals surface area contributed by atoms with Crippen LogP contribution in [0.2, 0.25) is 0 Å². The van der Waals surface area contributed by atoms with Crippen molar-refractivity contribution in [2.24, 2.45) is 0 Å². The van der Waals surface area contributed by atoms with Gasteiger partial charge in [-0.15, -0.1) is 11.8 Å². The molecule has 2 nitrogen and oxygen atoms in total. The normalized spacial score (nSPS) is 15.8. The van der Waals surface area contributed by atoms with Crippen LogP contribution in [0.1, 0.15) is 12.8 Å². The molecule has 1 aliphatic carbocycles. The summed E-state index contributed by atoms with van der Waals surface area (Å²) in [5.41, 5.74) is 0. The summed E-state index contributed by atoms with van der Waals surface area (Å²) in [6.45, 7) is 0. The summed E-state index contributed by atoms with van der Waals surface area (Å²) >= 11 is 3.87. The molecule has 0 unspecified atom stereocenters. The number of pyridine rings is 1. The molecule has 0 atom stereocenters. The summed E-state index contributed by atoms with van der Waals surface area (Å²) in [4.78, 5) is 4.35. The maximum Gasteiger partial charge on any atom is 0.125 e. The van der Waals surface area contributed by atoms with E-state index in [2.05, 4.69) is 27.6 Å². The molecule has 0 aromatic carbocycles. The molecule has 2 rings (SSSR count). The molecule has 0 radical (unpaired) electrons. The standard InChI is InChI=1S/C9H10INOS/c1-13-9-5-7(4-8(10)11-9)12-6-2-3-6/h4-6H,2-3H2,1H3. The van der Waals surface area contributed by atoms with Gasteiger partial charge in [-0.1, -0.05) is 0 Å². The first-order valence-corrected chi connectivity index (χ1v) is 6.46. The van der Waals surface area contributed by atoms with Gasteiger partial charge < -0.3 is 4.74 Å². The minimum atomic E-state index is 0.466. The first kappa shape index (κ1) is 9.58. The maximum absolute atomic E-state index is 5.69. The van der Waals surface area contributed by atoms with E-state index in [9.17, 15) is 0 Å². The molecule has 0 aliphatic heterocycles. The van der Waals surface area contributed by atoms with Crippen LogP contribution in [0.3, 0.4) is 0 Å². The van der Waals surface area contributed by atoms with Gasteiger partial charge in [0.25, 0.3) is 0 Å². The van der Waals surface area contributed by atoms with Crippen molar-refractivity contribution in [1.82, 2.24) is 4.98 Å². The van der Waals surface area contributed by atoms with Crippen LogP contribution in [0.25, 0.3) is 0 Å². The van der Waals surface area contributed by atoms with E-state index < -0.39 is 0 Å². The number of aromatic nitrogens is 1. The van der Waals surface area contributed by atoms with Gasteiger partial charge in [0, 0.05) is 12.1 Å². The number of thioether (sulfide) groups is 1. The van der Waals surface area contributed by atoms with Gasteiger partial charge >= 0.3 is 0 Å². The summed E-state index contributed by atoms with van der Waals surface area (Å²) in [5, 5.41) is 1.03. The number of halogens is 1. The quantitative estimate of drug-likeness (QED) is 0.487. The molecule has 4 heteroatoms. The minimum absolute atomic E-state index is 0.466. The Labute approximate surface area is 95.6 Å². The highest BCUT2D eigenvalue weighted by atomic mass is 127. The molecule has 13 heavy (non-hydrogen) atoms. The highest BCUT2D eigenvalue weighted by Gasteiger charge is 2.23. The highest BCUT2D eigenvalue weighted by Crippen LogP contribution is 2.29. The maximum atomic E-state index is 5.69. The van der Waals surface area contributed by atoms with E-state index in [1.807, 2.05) is 18.4 Å². The van der Waals surface area contributed by atoms with Crippen LogP contribution in [0.4, 0.5) is 0 Å². The van der Waals surface area contributed by atoms with Crippen LogP contribution in [0, 0.1) is 3.70 Å². The third-order valence-electron chi connectivity index (χ3n) is 1.78. The third kappa shape index (κ3) is 2.74. The molecule has 1 fully saturated rings. The van der Waals surface area contributed by atoms with Crippen molar-refractivity contribution in [2.45, 2.75) is 24.0 Å². The Hall–Kier alpha value is 0.0300. The zero-order valence-corrected chi connectivity index (χ0v) is 10.3. The fraction of sp³-hybridized carbons (Fsp3) is 0.444. The molecule has 0 spiro atoms. The van der Waals surface area contributed by atoms with Crippen molar-refractivity contribution < 1.29 is 4.74 Å². The van der Waals surface area contributed by atoms with E-state index in [-0.39, 0.29) is 0 Å². The Morgan fingerprint density at radius 3 is 2.92 bits per heavy atom. The van der Waals surface area contributed by atoms with Crippen LogP contribution in [-0.4, -0.2) is 17.3 Å². The van der Waals surface area contributed by atoms with Crippen LogP contribution in [0.15, 0.2) is 17.2 Å². The van der Waals surface area contributed by atoms with Crippen molar-refractivity contribution in [3.8, 4) is 5.75 Å². The van der Waals surface area contributed by atoms with Crippen molar-refractivity contribution in [3.05, 3.63) is 15.8 Å². The van der Waals surface area contributed by atoms with Gasteiger partial charge in [0.2, 0.25) is 0 Å². The van der Waals surface area contributed by atoms with E-state index >= 15 is 0 Å². The Balaban J connectivity index is 2.17. The molecule has 1 saturated carbocycles. The van der Waals surface area contributed by atoms with Crippen molar-refractivity contribution in [1.29, 1.82) is 0 Å². The van der Waals surface area contributed by atoms with Gasteiger partial charge in [0.05, 0.1) is 6.10 Å². The molecule has 70 valence electrons. The lowest BCUT2D eigenvalue weighted by Crippen LogP contribution is -1.97. The molecule has 1 heterocycles. The lowest BCUT2D eigenvalue weighted by molar-refractivity contribution is 0.301. The predicted molar refractivity (Wildman–Crippen MR) is 62.4 cm³/mol. The minimum Gasteiger partial charge on any atom is -0.490 e. The smallest absolute Gasteiger partial charge is 0.125 e.